The summed E-state index contributed by atoms with van der Waals surface area (Å²) in [5.74, 6) is -0.0118. The Morgan fingerprint density at radius 2 is 1.95 bits per heavy atom. The highest BCUT2D eigenvalue weighted by Gasteiger charge is 2.23. The van der Waals surface area contributed by atoms with E-state index in [9.17, 15) is 9.90 Å². The lowest BCUT2D eigenvalue weighted by atomic mass is 10.1. The van der Waals surface area contributed by atoms with Crippen molar-refractivity contribution in [3.05, 3.63) is 34.9 Å². The van der Waals surface area contributed by atoms with Crippen LogP contribution in [0.15, 0.2) is 24.3 Å². The number of hydrogen-bond donors (Lipinski definition) is 1. The molecule has 1 aliphatic heterocycles. The van der Waals surface area contributed by atoms with Crippen LogP contribution in [-0.2, 0) is 0 Å². The van der Waals surface area contributed by atoms with E-state index in [1.165, 1.54) is 0 Å². The molecule has 1 aromatic carbocycles. The fourth-order valence-corrected chi connectivity index (χ4v) is 2.53. The first-order valence-corrected chi connectivity index (χ1v) is 6.90. The molecule has 104 valence electrons. The van der Waals surface area contributed by atoms with E-state index in [2.05, 4.69) is 4.90 Å². The van der Waals surface area contributed by atoms with E-state index in [0.29, 0.717) is 30.2 Å². The van der Waals surface area contributed by atoms with Crippen molar-refractivity contribution in [2.24, 2.45) is 0 Å². The minimum atomic E-state index is -0.328. The Morgan fingerprint density at radius 3 is 2.53 bits per heavy atom. The summed E-state index contributed by atoms with van der Waals surface area (Å²) in [6.45, 7) is 5.38. The number of halogens is 1. The first kappa shape index (κ1) is 14.3. The lowest BCUT2D eigenvalue weighted by Crippen LogP contribution is -2.50. The Balaban J connectivity index is 1.95. The highest BCUT2D eigenvalue weighted by atomic mass is 35.5. The molecule has 0 bridgehead atoms. The van der Waals surface area contributed by atoms with Gasteiger partial charge in [-0.2, -0.15) is 0 Å². The van der Waals surface area contributed by atoms with Crippen molar-refractivity contribution in [3.8, 4) is 0 Å². The largest absolute Gasteiger partial charge is 0.392 e. The number of amides is 1. The zero-order chi connectivity index (χ0) is 13.8. The standard InChI is InChI=1S/C14H19ClN2O2/c1-11(18)10-16-6-8-17(9-7-16)14(19)12-4-2-3-5-13(12)15/h2-5,11,18H,6-10H2,1H3/t11-/m0/s1. The van der Waals surface area contributed by atoms with Gasteiger partial charge in [0.25, 0.3) is 5.91 Å². The number of nitrogens with zero attached hydrogens (tertiary/aromatic N) is 2. The minimum absolute atomic E-state index is 0.0118. The Morgan fingerprint density at radius 1 is 1.32 bits per heavy atom. The molecule has 1 fully saturated rings. The molecule has 0 aliphatic carbocycles. The number of aliphatic hydroxyl groups is 1. The molecular weight excluding hydrogens is 264 g/mol. The maximum Gasteiger partial charge on any atom is 0.255 e. The van der Waals surface area contributed by atoms with Crippen LogP contribution in [0.2, 0.25) is 5.02 Å². The summed E-state index contributed by atoms with van der Waals surface area (Å²) in [5, 5.41) is 9.85. The van der Waals surface area contributed by atoms with Gasteiger partial charge in [0.2, 0.25) is 0 Å². The van der Waals surface area contributed by atoms with Gasteiger partial charge in [-0.3, -0.25) is 9.69 Å². The second-order valence-corrected chi connectivity index (χ2v) is 5.33. The zero-order valence-electron chi connectivity index (χ0n) is 11.1. The molecule has 1 aromatic rings. The molecule has 1 saturated heterocycles. The summed E-state index contributed by atoms with van der Waals surface area (Å²) in [4.78, 5) is 16.3. The fraction of sp³-hybridized carbons (Fsp3) is 0.500. The van der Waals surface area contributed by atoms with E-state index in [4.69, 9.17) is 11.6 Å². The molecule has 1 heterocycles. The van der Waals surface area contributed by atoms with Gasteiger partial charge in [-0.15, -0.1) is 0 Å². The summed E-state index contributed by atoms with van der Waals surface area (Å²) in [6, 6.07) is 7.13. The highest BCUT2D eigenvalue weighted by molar-refractivity contribution is 6.33. The van der Waals surface area contributed by atoms with Gasteiger partial charge in [-0.25, -0.2) is 0 Å². The van der Waals surface area contributed by atoms with Gasteiger partial charge in [-0.05, 0) is 19.1 Å². The van der Waals surface area contributed by atoms with Crippen LogP contribution in [0.5, 0.6) is 0 Å². The molecule has 19 heavy (non-hydrogen) atoms. The van der Waals surface area contributed by atoms with E-state index >= 15 is 0 Å². The van der Waals surface area contributed by atoms with Crippen LogP contribution in [0, 0.1) is 0 Å². The molecule has 1 N–H and O–H groups in total. The molecule has 0 unspecified atom stereocenters. The molecule has 2 rings (SSSR count). The van der Waals surface area contributed by atoms with Gasteiger partial charge in [0, 0.05) is 32.7 Å². The fourth-order valence-electron chi connectivity index (χ4n) is 2.31. The summed E-state index contributed by atoms with van der Waals surface area (Å²) >= 11 is 6.04. The summed E-state index contributed by atoms with van der Waals surface area (Å²) < 4.78 is 0. The van der Waals surface area contributed by atoms with Crippen LogP contribution in [0.4, 0.5) is 0 Å². The Bertz CT molecular complexity index is 443. The first-order valence-electron chi connectivity index (χ1n) is 6.52. The first-order chi connectivity index (χ1) is 9.08. The zero-order valence-corrected chi connectivity index (χ0v) is 11.8. The molecule has 1 amide bonds. The van der Waals surface area contributed by atoms with Gasteiger partial charge >= 0.3 is 0 Å². The lowest BCUT2D eigenvalue weighted by Gasteiger charge is -2.35. The van der Waals surface area contributed by atoms with Crippen LogP contribution < -0.4 is 0 Å². The van der Waals surface area contributed by atoms with Crippen molar-refractivity contribution in [2.75, 3.05) is 32.7 Å². The van der Waals surface area contributed by atoms with Gasteiger partial charge in [-0.1, -0.05) is 23.7 Å². The summed E-state index contributed by atoms with van der Waals surface area (Å²) in [5.41, 5.74) is 0.563. The minimum Gasteiger partial charge on any atom is -0.392 e. The monoisotopic (exact) mass is 282 g/mol. The number of β-amino-alcohol motifs (C(OH)–C–C–N with tert-alkyl or cyclic N) is 1. The quantitative estimate of drug-likeness (QED) is 0.913. The van der Waals surface area contributed by atoms with Crippen molar-refractivity contribution in [1.82, 2.24) is 9.80 Å². The molecule has 0 radical (unpaired) electrons. The van der Waals surface area contributed by atoms with Gasteiger partial charge in [0.15, 0.2) is 0 Å². The SMILES string of the molecule is C[C@H](O)CN1CCN(C(=O)c2ccccc2Cl)CC1. The predicted octanol–water partition coefficient (Wildman–Crippen LogP) is 1.48. The number of piperazine rings is 1. The average Bonchev–Trinajstić information content (AvgIpc) is 2.39. The maximum atomic E-state index is 12.3. The van der Waals surface area contributed by atoms with E-state index in [0.717, 1.165) is 13.1 Å². The number of carbonyl (C=O) groups excluding carboxylic acids is 1. The van der Waals surface area contributed by atoms with Crippen LogP contribution in [0.3, 0.4) is 0 Å². The Labute approximate surface area is 118 Å². The Kier molecular flexibility index (Phi) is 4.80. The third-order valence-electron chi connectivity index (χ3n) is 3.29. The smallest absolute Gasteiger partial charge is 0.255 e. The maximum absolute atomic E-state index is 12.3. The molecule has 1 aliphatic rings. The Hall–Kier alpha value is -1.10. The van der Waals surface area contributed by atoms with Gasteiger partial charge in [0.05, 0.1) is 16.7 Å². The molecule has 4 nitrogen and oxygen atoms in total. The molecular formula is C14H19ClN2O2. The van der Waals surface area contributed by atoms with E-state index in [1.54, 1.807) is 19.1 Å². The highest BCUT2D eigenvalue weighted by Crippen LogP contribution is 2.18. The topological polar surface area (TPSA) is 43.8 Å². The van der Waals surface area contributed by atoms with E-state index in [-0.39, 0.29) is 12.0 Å². The van der Waals surface area contributed by atoms with Crippen LogP contribution in [0.1, 0.15) is 17.3 Å². The molecule has 5 heteroatoms. The number of aliphatic hydroxyl groups excluding tert-OH is 1. The summed E-state index contributed by atoms with van der Waals surface area (Å²) in [6.07, 6.45) is -0.328. The number of rotatable bonds is 3. The third kappa shape index (κ3) is 3.69. The van der Waals surface area contributed by atoms with Crippen molar-refractivity contribution < 1.29 is 9.90 Å². The van der Waals surface area contributed by atoms with Crippen molar-refractivity contribution in [3.63, 3.8) is 0 Å². The lowest BCUT2D eigenvalue weighted by molar-refractivity contribution is 0.0554. The summed E-state index contributed by atoms with van der Waals surface area (Å²) in [7, 11) is 0. The number of hydrogen-bond acceptors (Lipinski definition) is 3. The molecule has 0 spiro atoms. The van der Waals surface area contributed by atoms with Crippen LogP contribution in [-0.4, -0.2) is 59.6 Å². The van der Waals surface area contributed by atoms with Crippen LogP contribution in [0.25, 0.3) is 0 Å². The predicted molar refractivity (Wildman–Crippen MR) is 75.5 cm³/mol. The molecule has 0 aromatic heterocycles. The number of benzene rings is 1. The van der Waals surface area contributed by atoms with E-state index in [1.807, 2.05) is 17.0 Å². The average molecular weight is 283 g/mol. The van der Waals surface area contributed by atoms with E-state index < -0.39 is 0 Å². The number of carbonyl (C=O) groups is 1. The van der Waals surface area contributed by atoms with Crippen molar-refractivity contribution >= 4 is 17.5 Å². The van der Waals surface area contributed by atoms with Crippen molar-refractivity contribution in [1.29, 1.82) is 0 Å². The molecule has 0 saturated carbocycles. The second kappa shape index (κ2) is 6.37. The van der Waals surface area contributed by atoms with Gasteiger partial charge in [0.1, 0.15) is 0 Å². The third-order valence-corrected chi connectivity index (χ3v) is 3.62. The van der Waals surface area contributed by atoms with Gasteiger partial charge < -0.3 is 10.0 Å². The second-order valence-electron chi connectivity index (χ2n) is 4.92. The van der Waals surface area contributed by atoms with Crippen molar-refractivity contribution in [2.45, 2.75) is 13.0 Å². The molecule has 1 atom stereocenters. The van der Waals surface area contributed by atoms with Crippen LogP contribution >= 0.6 is 11.6 Å². The normalized spacial score (nSPS) is 18.4.